The van der Waals surface area contributed by atoms with Gasteiger partial charge in [0.25, 0.3) is 6.02 Å². The van der Waals surface area contributed by atoms with E-state index in [1.54, 1.807) is 19.9 Å². The lowest BCUT2D eigenvalue weighted by Gasteiger charge is -2.32. The first-order valence-electron chi connectivity index (χ1n) is 9.66. The van der Waals surface area contributed by atoms with Crippen molar-refractivity contribution in [1.29, 1.82) is 0 Å². The van der Waals surface area contributed by atoms with Gasteiger partial charge in [0.15, 0.2) is 5.54 Å². The molecule has 3 heterocycles. The monoisotopic (exact) mass is 497 g/mol. The third-order valence-corrected chi connectivity index (χ3v) is 6.12. The Morgan fingerprint density at radius 2 is 1.94 bits per heavy atom. The van der Waals surface area contributed by atoms with Gasteiger partial charge in [0.2, 0.25) is 5.88 Å². The van der Waals surface area contributed by atoms with E-state index in [1.165, 1.54) is 19.4 Å². The normalized spacial score (nSPS) is 19.2. The van der Waals surface area contributed by atoms with E-state index in [4.69, 9.17) is 19.9 Å². The summed E-state index contributed by atoms with van der Waals surface area (Å²) < 4.78 is 82.1. The van der Waals surface area contributed by atoms with E-state index in [9.17, 15) is 21.6 Å². The number of aliphatic imine (C=N–C) groups is 1. The molecule has 2 aliphatic rings. The zero-order chi connectivity index (χ0) is 24.9. The third-order valence-electron chi connectivity index (χ3n) is 5.14. The molecule has 4 rings (SSSR count). The standard InChI is InChI=1S/C21H18F3N3O6S/c1-19(2,30-3)7-6-12-8-15-17(26-10-12)32-16-5-4-13(33-34(28,29)21(22,23)24)9-14(16)20(15)11-31-18(25)27-20/h4-5,8-10H,11H2,1-3H3,(H2,25,27). The molecule has 2 N–H and O–H groups in total. The van der Waals surface area contributed by atoms with Crippen LogP contribution >= 0.6 is 0 Å². The second kappa shape index (κ2) is 7.78. The SMILES string of the molecule is COC(C)(C)C#Cc1cnc2c(c1)C1(COC(N)=N1)c1cc(OS(=O)(=O)C(F)(F)F)ccc1O2. The maximum absolute atomic E-state index is 12.8. The average molecular weight is 497 g/mol. The molecule has 1 aromatic heterocycles. The van der Waals surface area contributed by atoms with E-state index >= 15 is 0 Å². The molecule has 1 unspecified atom stereocenters. The van der Waals surface area contributed by atoms with Gasteiger partial charge in [0.05, 0.1) is 5.56 Å². The number of halogens is 3. The fourth-order valence-corrected chi connectivity index (χ4v) is 3.73. The van der Waals surface area contributed by atoms with Crippen LogP contribution in [0.25, 0.3) is 0 Å². The number of rotatable bonds is 3. The van der Waals surface area contributed by atoms with Gasteiger partial charge < -0.3 is 24.1 Å². The Kier molecular flexibility index (Phi) is 5.41. The summed E-state index contributed by atoms with van der Waals surface area (Å²) in [5, 5.41) is 0. The first kappa shape index (κ1) is 23.7. The highest BCUT2D eigenvalue weighted by atomic mass is 32.2. The summed E-state index contributed by atoms with van der Waals surface area (Å²) in [4.78, 5) is 8.66. The largest absolute Gasteiger partial charge is 0.534 e. The van der Waals surface area contributed by atoms with Crippen molar-refractivity contribution in [1.82, 2.24) is 4.98 Å². The lowest BCUT2D eigenvalue weighted by atomic mass is 9.82. The van der Waals surface area contributed by atoms with E-state index in [2.05, 4.69) is 26.0 Å². The number of methoxy groups -OCH3 is 1. The number of nitrogens with zero attached hydrogens (tertiary/aromatic N) is 2. The number of pyridine rings is 1. The van der Waals surface area contributed by atoms with Crippen molar-refractivity contribution in [2.24, 2.45) is 10.7 Å². The van der Waals surface area contributed by atoms with Crippen LogP contribution in [0.1, 0.15) is 30.5 Å². The Bertz CT molecular complexity index is 1360. The molecular weight excluding hydrogens is 479 g/mol. The molecule has 2 aromatic rings. The molecule has 1 aromatic carbocycles. The lowest BCUT2D eigenvalue weighted by molar-refractivity contribution is -0.0500. The molecule has 1 atom stereocenters. The van der Waals surface area contributed by atoms with Gasteiger partial charge >= 0.3 is 15.6 Å². The molecule has 34 heavy (non-hydrogen) atoms. The predicted octanol–water partition coefficient (Wildman–Crippen LogP) is 2.78. The van der Waals surface area contributed by atoms with Crippen LogP contribution in [0.5, 0.6) is 17.4 Å². The van der Waals surface area contributed by atoms with E-state index in [1.807, 2.05) is 0 Å². The topological polar surface area (TPSA) is 122 Å². The van der Waals surface area contributed by atoms with Crippen LogP contribution in [0.15, 0.2) is 35.5 Å². The number of hydrogen-bond donors (Lipinski definition) is 1. The molecule has 0 amide bonds. The minimum absolute atomic E-state index is 0.139. The van der Waals surface area contributed by atoms with Gasteiger partial charge in [0.1, 0.15) is 23.7 Å². The summed E-state index contributed by atoms with van der Waals surface area (Å²) >= 11 is 0. The van der Waals surface area contributed by atoms with E-state index in [0.29, 0.717) is 11.1 Å². The average Bonchev–Trinajstić information content (AvgIpc) is 3.14. The third kappa shape index (κ3) is 4.10. The molecule has 0 aliphatic carbocycles. The summed E-state index contributed by atoms with van der Waals surface area (Å²) in [6.07, 6.45) is 1.48. The van der Waals surface area contributed by atoms with Crippen LogP contribution in [0.3, 0.4) is 0 Å². The zero-order valence-electron chi connectivity index (χ0n) is 18.1. The second-order valence-electron chi connectivity index (χ2n) is 7.88. The Morgan fingerprint density at radius 1 is 1.21 bits per heavy atom. The highest BCUT2D eigenvalue weighted by Gasteiger charge is 2.50. The first-order chi connectivity index (χ1) is 15.8. The van der Waals surface area contributed by atoms with Crippen molar-refractivity contribution in [3.8, 4) is 29.2 Å². The van der Waals surface area contributed by atoms with Gasteiger partial charge in [-0.2, -0.15) is 21.6 Å². The van der Waals surface area contributed by atoms with Crippen molar-refractivity contribution in [3.05, 3.63) is 47.2 Å². The molecule has 0 radical (unpaired) electrons. The van der Waals surface area contributed by atoms with Gasteiger partial charge in [-0.1, -0.05) is 11.8 Å². The van der Waals surface area contributed by atoms with Crippen molar-refractivity contribution in [2.45, 2.75) is 30.5 Å². The Balaban J connectivity index is 1.83. The van der Waals surface area contributed by atoms with Crippen LogP contribution in [-0.2, 0) is 25.1 Å². The summed E-state index contributed by atoms with van der Waals surface area (Å²) in [7, 11) is -4.37. The molecule has 0 fully saturated rings. The minimum Gasteiger partial charge on any atom is -0.462 e. The number of nitrogens with two attached hydrogens (primary N) is 1. The second-order valence-corrected chi connectivity index (χ2v) is 9.42. The van der Waals surface area contributed by atoms with Crippen molar-refractivity contribution in [3.63, 3.8) is 0 Å². The fraction of sp³-hybridized carbons (Fsp3) is 0.333. The quantitative estimate of drug-likeness (QED) is 0.390. The van der Waals surface area contributed by atoms with Crippen LogP contribution in [0, 0.1) is 11.8 Å². The molecule has 1 spiro atoms. The molecule has 13 heteroatoms. The fourth-order valence-electron chi connectivity index (χ4n) is 3.28. The Hall–Kier alpha value is -3.50. The number of alkyl halides is 3. The number of amidine groups is 1. The molecule has 2 aliphatic heterocycles. The van der Waals surface area contributed by atoms with E-state index < -0.39 is 32.5 Å². The van der Waals surface area contributed by atoms with Gasteiger partial charge in [-0.15, -0.1) is 0 Å². The number of benzene rings is 1. The Morgan fingerprint density at radius 3 is 2.56 bits per heavy atom. The predicted molar refractivity (Wildman–Crippen MR) is 113 cm³/mol. The highest BCUT2D eigenvalue weighted by molar-refractivity contribution is 7.88. The number of hydrogen-bond acceptors (Lipinski definition) is 9. The highest BCUT2D eigenvalue weighted by Crippen LogP contribution is 2.51. The van der Waals surface area contributed by atoms with Crippen LogP contribution in [-0.4, -0.2) is 44.2 Å². The van der Waals surface area contributed by atoms with E-state index in [-0.39, 0.29) is 29.8 Å². The lowest BCUT2D eigenvalue weighted by Crippen LogP contribution is -2.32. The maximum atomic E-state index is 12.8. The molecule has 0 saturated heterocycles. The van der Waals surface area contributed by atoms with Gasteiger partial charge in [-0.05, 0) is 38.1 Å². The summed E-state index contributed by atoms with van der Waals surface area (Å²) in [5.41, 5.74) is -0.912. The molecular formula is C21H18F3N3O6S. The molecule has 0 bridgehead atoms. The molecule has 180 valence electrons. The Labute approximate surface area is 192 Å². The van der Waals surface area contributed by atoms with Crippen LogP contribution in [0.2, 0.25) is 0 Å². The zero-order valence-corrected chi connectivity index (χ0v) is 18.9. The minimum atomic E-state index is -5.89. The van der Waals surface area contributed by atoms with E-state index in [0.717, 1.165) is 12.1 Å². The van der Waals surface area contributed by atoms with Gasteiger partial charge in [-0.25, -0.2) is 9.98 Å². The number of fused-ring (bicyclic) bond motifs is 4. The van der Waals surface area contributed by atoms with Gasteiger partial charge in [0, 0.05) is 24.4 Å². The van der Waals surface area contributed by atoms with Crippen molar-refractivity contribution >= 4 is 16.1 Å². The molecule has 9 nitrogen and oxygen atoms in total. The summed E-state index contributed by atoms with van der Waals surface area (Å²) in [5.74, 6) is 5.62. The summed E-state index contributed by atoms with van der Waals surface area (Å²) in [6, 6.07) is 4.82. The van der Waals surface area contributed by atoms with Crippen molar-refractivity contribution in [2.75, 3.05) is 13.7 Å². The smallest absolute Gasteiger partial charge is 0.462 e. The van der Waals surface area contributed by atoms with Gasteiger partial charge in [-0.3, -0.25) is 0 Å². The van der Waals surface area contributed by atoms with Crippen molar-refractivity contribution < 1.29 is 40.0 Å². The van der Waals surface area contributed by atoms with Crippen LogP contribution < -0.4 is 14.7 Å². The number of aromatic nitrogens is 1. The molecule has 0 saturated carbocycles. The number of ether oxygens (including phenoxy) is 3. The summed E-state index contributed by atoms with van der Waals surface area (Å²) in [6.45, 7) is 3.41. The van der Waals surface area contributed by atoms with Crippen LogP contribution in [0.4, 0.5) is 13.2 Å². The maximum Gasteiger partial charge on any atom is 0.534 e. The first-order valence-corrected chi connectivity index (χ1v) is 11.1.